The standard InChI is InChI=1S/C18H20N4O3/c1-11-5-6-12(2)22(11)10-17(23)19-14-7-8-16(24-4)15(9-14)18-21-20-13(3)25-18/h5-9H,10H2,1-4H3,(H,19,23). The number of carbonyl (C=O) groups is 1. The van der Waals surface area contributed by atoms with Crippen molar-refractivity contribution in [2.45, 2.75) is 27.3 Å². The van der Waals surface area contributed by atoms with Crippen LogP contribution in [0.3, 0.4) is 0 Å². The van der Waals surface area contributed by atoms with E-state index in [0.29, 0.717) is 28.8 Å². The van der Waals surface area contributed by atoms with E-state index < -0.39 is 0 Å². The molecule has 0 unspecified atom stereocenters. The van der Waals surface area contributed by atoms with Gasteiger partial charge in [-0.05, 0) is 44.2 Å². The second-order valence-electron chi connectivity index (χ2n) is 5.79. The predicted octanol–water partition coefficient (Wildman–Crippen LogP) is 3.11. The van der Waals surface area contributed by atoms with Gasteiger partial charge in [0.1, 0.15) is 12.3 Å². The fourth-order valence-corrected chi connectivity index (χ4v) is 2.65. The lowest BCUT2D eigenvalue weighted by atomic mass is 10.1. The molecule has 0 spiro atoms. The van der Waals surface area contributed by atoms with Crippen molar-refractivity contribution in [2.24, 2.45) is 0 Å². The van der Waals surface area contributed by atoms with Gasteiger partial charge in [0.2, 0.25) is 11.8 Å². The Morgan fingerprint density at radius 2 is 1.88 bits per heavy atom. The van der Waals surface area contributed by atoms with E-state index in [-0.39, 0.29) is 12.5 Å². The summed E-state index contributed by atoms with van der Waals surface area (Å²) in [7, 11) is 1.57. The van der Waals surface area contributed by atoms with Gasteiger partial charge in [0.05, 0.1) is 12.7 Å². The Morgan fingerprint density at radius 3 is 2.48 bits per heavy atom. The predicted molar refractivity (Wildman–Crippen MR) is 93.6 cm³/mol. The molecule has 1 aromatic carbocycles. The summed E-state index contributed by atoms with van der Waals surface area (Å²) >= 11 is 0. The molecule has 3 rings (SSSR count). The van der Waals surface area contributed by atoms with Crippen molar-refractivity contribution < 1.29 is 13.9 Å². The summed E-state index contributed by atoms with van der Waals surface area (Å²) < 4.78 is 12.8. The maximum atomic E-state index is 12.4. The molecular formula is C18H20N4O3. The summed E-state index contributed by atoms with van der Waals surface area (Å²) in [6.45, 7) is 5.93. The van der Waals surface area contributed by atoms with Gasteiger partial charge in [-0.2, -0.15) is 0 Å². The highest BCUT2D eigenvalue weighted by atomic mass is 16.5. The van der Waals surface area contributed by atoms with Crippen LogP contribution in [0.25, 0.3) is 11.5 Å². The fourth-order valence-electron chi connectivity index (χ4n) is 2.65. The van der Waals surface area contributed by atoms with E-state index in [1.54, 1.807) is 32.2 Å². The maximum Gasteiger partial charge on any atom is 0.251 e. The van der Waals surface area contributed by atoms with Crippen LogP contribution in [-0.4, -0.2) is 27.8 Å². The Balaban J connectivity index is 1.82. The molecule has 0 fully saturated rings. The quantitative estimate of drug-likeness (QED) is 0.772. The molecule has 0 aliphatic carbocycles. The third-order valence-electron chi connectivity index (χ3n) is 3.96. The molecule has 2 heterocycles. The van der Waals surface area contributed by atoms with Crippen molar-refractivity contribution in [1.82, 2.24) is 14.8 Å². The van der Waals surface area contributed by atoms with Crippen molar-refractivity contribution in [1.29, 1.82) is 0 Å². The molecule has 3 aromatic rings. The zero-order chi connectivity index (χ0) is 18.0. The highest BCUT2D eigenvalue weighted by Gasteiger charge is 2.14. The van der Waals surface area contributed by atoms with Crippen molar-refractivity contribution in [3.05, 3.63) is 47.6 Å². The number of hydrogen-bond acceptors (Lipinski definition) is 5. The van der Waals surface area contributed by atoms with Crippen molar-refractivity contribution in [3.8, 4) is 17.2 Å². The average Bonchev–Trinajstić information content (AvgIpc) is 3.15. The molecule has 0 bridgehead atoms. The number of ether oxygens (including phenoxy) is 1. The van der Waals surface area contributed by atoms with E-state index in [0.717, 1.165) is 11.4 Å². The molecule has 7 nitrogen and oxygen atoms in total. The Kier molecular flexibility index (Phi) is 4.56. The molecule has 0 atom stereocenters. The van der Waals surface area contributed by atoms with Crippen molar-refractivity contribution in [2.75, 3.05) is 12.4 Å². The SMILES string of the molecule is COc1ccc(NC(=O)Cn2c(C)ccc2C)cc1-c1nnc(C)o1. The number of amides is 1. The van der Waals surface area contributed by atoms with Crippen LogP contribution in [0, 0.1) is 20.8 Å². The lowest BCUT2D eigenvalue weighted by Gasteiger charge is -2.12. The van der Waals surface area contributed by atoms with Crippen LogP contribution in [0.15, 0.2) is 34.7 Å². The molecule has 0 aliphatic rings. The minimum absolute atomic E-state index is 0.111. The number of aryl methyl sites for hydroxylation is 3. The van der Waals surface area contributed by atoms with Gasteiger partial charge in [-0.15, -0.1) is 10.2 Å². The molecule has 25 heavy (non-hydrogen) atoms. The lowest BCUT2D eigenvalue weighted by molar-refractivity contribution is -0.116. The number of hydrogen-bond donors (Lipinski definition) is 1. The van der Waals surface area contributed by atoms with E-state index >= 15 is 0 Å². The van der Waals surface area contributed by atoms with Crippen molar-refractivity contribution in [3.63, 3.8) is 0 Å². The van der Waals surface area contributed by atoms with Crippen LogP contribution in [-0.2, 0) is 11.3 Å². The second kappa shape index (κ2) is 6.80. The molecule has 0 saturated carbocycles. The van der Waals surface area contributed by atoms with E-state index in [1.165, 1.54) is 0 Å². The van der Waals surface area contributed by atoms with Gasteiger partial charge in [0, 0.05) is 24.0 Å². The molecule has 0 saturated heterocycles. The summed E-state index contributed by atoms with van der Waals surface area (Å²) in [5.41, 5.74) is 3.36. The topological polar surface area (TPSA) is 82.2 Å². The summed E-state index contributed by atoms with van der Waals surface area (Å²) in [4.78, 5) is 12.4. The van der Waals surface area contributed by atoms with Gasteiger partial charge in [0.15, 0.2) is 0 Å². The monoisotopic (exact) mass is 340 g/mol. The van der Waals surface area contributed by atoms with E-state index in [1.807, 2.05) is 30.5 Å². The van der Waals surface area contributed by atoms with Gasteiger partial charge >= 0.3 is 0 Å². The number of anilines is 1. The first kappa shape index (κ1) is 16.8. The minimum atomic E-state index is -0.111. The summed E-state index contributed by atoms with van der Waals surface area (Å²) in [6.07, 6.45) is 0. The Bertz CT molecular complexity index is 891. The second-order valence-corrected chi connectivity index (χ2v) is 5.79. The number of nitrogens with zero attached hydrogens (tertiary/aromatic N) is 3. The summed E-state index contributed by atoms with van der Waals surface area (Å²) in [5.74, 6) is 1.30. The number of methoxy groups -OCH3 is 1. The first-order valence-corrected chi connectivity index (χ1v) is 7.89. The zero-order valence-corrected chi connectivity index (χ0v) is 14.7. The van der Waals surface area contributed by atoms with Gasteiger partial charge in [-0.1, -0.05) is 0 Å². The molecular weight excluding hydrogens is 320 g/mol. The Morgan fingerprint density at radius 1 is 1.16 bits per heavy atom. The van der Waals surface area contributed by atoms with Crippen molar-refractivity contribution >= 4 is 11.6 Å². The van der Waals surface area contributed by atoms with Gasteiger partial charge in [-0.25, -0.2) is 0 Å². The fraction of sp³-hybridized carbons (Fsp3) is 0.278. The first-order valence-electron chi connectivity index (χ1n) is 7.89. The highest BCUT2D eigenvalue weighted by molar-refractivity contribution is 5.91. The Labute approximate surface area is 145 Å². The lowest BCUT2D eigenvalue weighted by Crippen LogP contribution is -2.20. The molecule has 130 valence electrons. The number of rotatable bonds is 5. The smallest absolute Gasteiger partial charge is 0.251 e. The third-order valence-corrected chi connectivity index (χ3v) is 3.96. The number of benzene rings is 1. The Hall–Kier alpha value is -3.09. The van der Waals surface area contributed by atoms with E-state index in [4.69, 9.17) is 9.15 Å². The van der Waals surface area contributed by atoms with Gasteiger partial charge in [0.25, 0.3) is 5.89 Å². The van der Waals surface area contributed by atoms with Crippen LogP contribution in [0.2, 0.25) is 0 Å². The van der Waals surface area contributed by atoms with Crippen LogP contribution < -0.4 is 10.1 Å². The molecule has 0 radical (unpaired) electrons. The first-order chi connectivity index (χ1) is 12.0. The third kappa shape index (κ3) is 3.55. The van der Waals surface area contributed by atoms with Crippen LogP contribution in [0.4, 0.5) is 5.69 Å². The largest absolute Gasteiger partial charge is 0.496 e. The minimum Gasteiger partial charge on any atom is -0.496 e. The average molecular weight is 340 g/mol. The van der Waals surface area contributed by atoms with Gasteiger partial charge in [-0.3, -0.25) is 4.79 Å². The maximum absolute atomic E-state index is 12.4. The van der Waals surface area contributed by atoms with Gasteiger partial charge < -0.3 is 19.0 Å². The molecule has 1 amide bonds. The summed E-state index contributed by atoms with van der Waals surface area (Å²) in [6, 6.07) is 9.28. The number of nitrogens with one attached hydrogen (secondary N) is 1. The highest BCUT2D eigenvalue weighted by Crippen LogP contribution is 2.31. The molecule has 0 aliphatic heterocycles. The van der Waals surface area contributed by atoms with E-state index in [9.17, 15) is 4.79 Å². The van der Waals surface area contributed by atoms with Crippen LogP contribution >= 0.6 is 0 Å². The van der Waals surface area contributed by atoms with Crippen LogP contribution in [0.1, 0.15) is 17.3 Å². The normalized spacial score (nSPS) is 10.7. The van der Waals surface area contributed by atoms with E-state index in [2.05, 4.69) is 15.5 Å². The number of aromatic nitrogens is 3. The number of carbonyl (C=O) groups excluding carboxylic acids is 1. The molecule has 1 N–H and O–H groups in total. The summed E-state index contributed by atoms with van der Waals surface area (Å²) in [5, 5.41) is 10.7. The molecule has 7 heteroatoms. The van der Waals surface area contributed by atoms with Crippen LogP contribution in [0.5, 0.6) is 5.75 Å². The molecule has 2 aromatic heterocycles. The zero-order valence-electron chi connectivity index (χ0n) is 14.7.